The van der Waals surface area contributed by atoms with Gasteiger partial charge in [0.15, 0.2) is 17.2 Å². The molecule has 29 heavy (non-hydrogen) atoms. The van der Waals surface area contributed by atoms with Crippen molar-refractivity contribution in [3.8, 4) is 11.5 Å². The molecule has 150 valence electrons. The van der Waals surface area contributed by atoms with Crippen molar-refractivity contribution in [1.29, 1.82) is 0 Å². The normalized spacial score (nSPS) is 14.6. The molecule has 0 saturated heterocycles. The van der Waals surface area contributed by atoms with Crippen LogP contribution in [0.25, 0.3) is 6.08 Å². The van der Waals surface area contributed by atoms with Crippen LogP contribution in [0.4, 0.5) is 0 Å². The molecule has 0 spiro atoms. The number of benzene rings is 2. The highest BCUT2D eigenvalue weighted by molar-refractivity contribution is 6.36. The Kier molecular flexibility index (Phi) is 6.47. The summed E-state index contributed by atoms with van der Waals surface area (Å²) in [4.78, 5) is 27.8. The lowest BCUT2D eigenvalue weighted by Gasteiger charge is -2.12. The second kappa shape index (κ2) is 8.86. The maximum absolute atomic E-state index is 12.3. The topological polar surface area (TPSA) is 74.2 Å². The van der Waals surface area contributed by atoms with E-state index >= 15 is 0 Å². The predicted molar refractivity (Wildman–Crippen MR) is 111 cm³/mol. The number of carbonyl (C=O) groups excluding carboxylic acids is 2. The quantitative estimate of drug-likeness (QED) is 0.347. The number of cyclic esters (lactones) is 1. The molecule has 3 rings (SSSR count). The first-order valence-electron chi connectivity index (χ1n) is 8.41. The molecular weight excluding hydrogens is 441 g/mol. The summed E-state index contributed by atoms with van der Waals surface area (Å²) in [5.74, 6) is -0.788. The van der Waals surface area contributed by atoms with E-state index in [-0.39, 0.29) is 28.1 Å². The molecule has 0 bridgehead atoms. The molecule has 0 aromatic heterocycles. The van der Waals surface area contributed by atoms with Crippen LogP contribution >= 0.6 is 34.8 Å². The Balaban J connectivity index is 2.01. The van der Waals surface area contributed by atoms with Crippen molar-refractivity contribution >= 4 is 58.7 Å². The molecular formula is C20H14Cl3NO5. The highest BCUT2D eigenvalue weighted by Crippen LogP contribution is 2.38. The molecule has 0 saturated carbocycles. The SMILES string of the molecule is CCOc1cc(C=C2N=C(c3cc(Cl)ccc3Cl)OC2=O)cc(Cl)c1OC(C)=O. The van der Waals surface area contributed by atoms with Crippen molar-refractivity contribution in [2.24, 2.45) is 4.99 Å². The molecule has 0 unspecified atom stereocenters. The minimum Gasteiger partial charge on any atom is -0.490 e. The summed E-state index contributed by atoms with van der Waals surface area (Å²) in [6, 6.07) is 7.84. The van der Waals surface area contributed by atoms with E-state index in [9.17, 15) is 9.59 Å². The van der Waals surface area contributed by atoms with Crippen LogP contribution in [0.2, 0.25) is 15.1 Å². The Hall–Kier alpha value is -2.54. The number of nitrogens with zero attached hydrogens (tertiary/aromatic N) is 1. The van der Waals surface area contributed by atoms with Crippen LogP contribution in [0.3, 0.4) is 0 Å². The molecule has 0 amide bonds. The van der Waals surface area contributed by atoms with Gasteiger partial charge in [-0.3, -0.25) is 4.79 Å². The maximum atomic E-state index is 12.3. The molecule has 2 aromatic carbocycles. The van der Waals surface area contributed by atoms with Gasteiger partial charge < -0.3 is 14.2 Å². The third-order valence-corrected chi connectivity index (χ3v) is 4.51. The molecule has 0 N–H and O–H groups in total. The van der Waals surface area contributed by atoms with Gasteiger partial charge in [0.25, 0.3) is 0 Å². The summed E-state index contributed by atoms with van der Waals surface area (Å²) in [5.41, 5.74) is 0.937. The van der Waals surface area contributed by atoms with Crippen LogP contribution in [-0.4, -0.2) is 24.4 Å². The minimum atomic E-state index is -0.658. The average molecular weight is 455 g/mol. The van der Waals surface area contributed by atoms with Crippen molar-refractivity contribution in [1.82, 2.24) is 0 Å². The number of rotatable bonds is 5. The lowest BCUT2D eigenvalue weighted by molar-refractivity contribution is -0.132. The van der Waals surface area contributed by atoms with Crippen molar-refractivity contribution in [3.63, 3.8) is 0 Å². The van der Waals surface area contributed by atoms with Gasteiger partial charge in [-0.15, -0.1) is 0 Å². The highest BCUT2D eigenvalue weighted by atomic mass is 35.5. The van der Waals surface area contributed by atoms with Crippen molar-refractivity contribution < 1.29 is 23.8 Å². The van der Waals surface area contributed by atoms with Crippen LogP contribution in [0, 0.1) is 0 Å². The molecule has 9 heteroatoms. The monoisotopic (exact) mass is 453 g/mol. The van der Waals surface area contributed by atoms with Crippen LogP contribution < -0.4 is 9.47 Å². The fourth-order valence-corrected chi connectivity index (χ4v) is 3.15. The molecule has 0 aliphatic carbocycles. The highest BCUT2D eigenvalue weighted by Gasteiger charge is 2.26. The van der Waals surface area contributed by atoms with Gasteiger partial charge in [-0.2, -0.15) is 0 Å². The van der Waals surface area contributed by atoms with Gasteiger partial charge in [0.1, 0.15) is 0 Å². The summed E-state index contributed by atoms with van der Waals surface area (Å²) in [6.07, 6.45) is 1.47. The van der Waals surface area contributed by atoms with E-state index in [1.807, 2.05) is 0 Å². The van der Waals surface area contributed by atoms with Crippen molar-refractivity contribution in [2.75, 3.05) is 6.61 Å². The molecule has 0 radical (unpaired) electrons. The molecule has 1 heterocycles. The minimum absolute atomic E-state index is 0.0368. The Morgan fingerprint density at radius 3 is 2.62 bits per heavy atom. The van der Waals surface area contributed by atoms with Gasteiger partial charge >= 0.3 is 11.9 Å². The first-order chi connectivity index (χ1) is 13.8. The molecule has 6 nitrogen and oxygen atoms in total. The van der Waals surface area contributed by atoms with Crippen LogP contribution in [0.5, 0.6) is 11.5 Å². The zero-order valence-electron chi connectivity index (χ0n) is 15.3. The van der Waals surface area contributed by atoms with E-state index in [1.165, 1.54) is 19.1 Å². The standard InChI is InChI=1S/C20H14Cl3NO5/c1-3-27-17-8-11(6-15(23)18(17)28-10(2)25)7-16-20(26)29-19(24-16)13-9-12(21)4-5-14(13)22/h4-9H,3H2,1-2H3. The molecule has 2 aromatic rings. The third kappa shape index (κ3) is 4.90. The molecule has 0 atom stereocenters. The van der Waals surface area contributed by atoms with E-state index in [0.717, 1.165) is 0 Å². The first-order valence-corrected chi connectivity index (χ1v) is 9.54. The molecule has 1 aliphatic rings. The van der Waals surface area contributed by atoms with Crippen molar-refractivity contribution in [2.45, 2.75) is 13.8 Å². The van der Waals surface area contributed by atoms with E-state index in [1.54, 1.807) is 31.2 Å². The van der Waals surface area contributed by atoms with Gasteiger partial charge in [0, 0.05) is 11.9 Å². The van der Waals surface area contributed by atoms with E-state index in [2.05, 4.69) is 4.99 Å². The number of ether oxygens (including phenoxy) is 3. The van der Waals surface area contributed by atoms with Gasteiger partial charge in [0.05, 0.1) is 22.2 Å². The lowest BCUT2D eigenvalue weighted by Crippen LogP contribution is -2.06. The van der Waals surface area contributed by atoms with E-state index in [4.69, 9.17) is 49.0 Å². The van der Waals surface area contributed by atoms with Gasteiger partial charge in [-0.05, 0) is 48.9 Å². The van der Waals surface area contributed by atoms with Crippen LogP contribution in [-0.2, 0) is 14.3 Å². The Morgan fingerprint density at radius 1 is 1.17 bits per heavy atom. The first kappa shape index (κ1) is 21.2. The Morgan fingerprint density at radius 2 is 1.93 bits per heavy atom. The second-order valence-electron chi connectivity index (χ2n) is 5.82. The third-order valence-electron chi connectivity index (χ3n) is 3.66. The van der Waals surface area contributed by atoms with Gasteiger partial charge in [-0.25, -0.2) is 9.79 Å². The number of hydrogen-bond acceptors (Lipinski definition) is 6. The predicted octanol–water partition coefficient (Wildman–Crippen LogP) is 5.32. The second-order valence-corrected chi connectivity index (χ2v) is 7.07. The number of carbonyl (C=O) groups is 2. The zero-order chi connectivity index (χ0) is 21.1. The summed E-state index contributed by atoms with van der Waals surface area (Å²) >= 11 is 18.3. The van der Waals surface area contributed by atoms with Crippen molar-refractivity contribution in [3.05, 3.63) is 62.2 Å². The Bertz CT molecular complexity index is 1060. The number of esters is 2. The lowest BCUT2D eigenvalue weighted by atomic mass is 10.1. The molecule has 1 aliphatic heterocycles. The number of halogens is 3. The van der Waals surface area contributed by atoms with Crippen LogP contribution in [0.1, 0.15) is 25.0 Å². The summed E-state index contributed by atoms with van der Waals surface area (Å²) in [5, 5.41) is 0.913. The van der Waals surface area contributed by atoms with Gasteiger partial charge in [-0.1, -0.05) is 34.8 Å². The smallest absolute Gasteiger partial charge is 0.363 e. The number of hydrogen-bond donors (Lipinski definition) is 0. The fraction of sp³-hybridized carbons (Fsp3) is 0.150. The summed E-state index contributed by atoms with van der Waals surface area (Å²) in [7, 11) is 0. The molecule has 0 fully saturated rings. The van der Waals surface area contributed by atoms with E-state index < -0.39 is 11.9 Å². The Labute approximate surface area is 181 Å². The van der Waals surface area contributed by atoms with Gasteiger partial charge in [0.2, 0.25) is 5.90 Å². The largest absolute Gasteiger partial charge is 0.490 e. The van der Waals surface area contributed by atoms with Crippen LogP contribution in [0.15, 0.2) is 41.0 Å². The summed E-state index contributed by atoms with van der Waals surface area (Å²) in [6.45, 7) is 3.35. The zero-order valence-corrected chi connectivity index (χ0v) is 17.6. The average Bonchev–Trinajstić information content (AvgIpc) is 3.00. The summed E-state index contributed by atoms with van der Waals surface area (Å²) < 4.78 is 15.8. The fourth-order valence-electron chi connectivity index (χ4n) is 2.52. The van der Waals surface area contributed by atoms with E-state index in [0.29, 0.717) is 27.8 Å². The maximum Gasteiger partial charge on any atom is 0.363 e. The number of aliphatic imine (C=N–C) groups is 1.